The van der Waals surface area contributed by atoms with Gasteiger partial charge in [0.2, 0.25) is 0 Å². The van der Waals surface area contributed by atoms with E-state index in [1.54, 1.807) is 16.9 Å². The minimum absolute atomic E-state index is 0.386. The molecule has 2 aromatic heterocycles. The molecule has 4 rings (SSSR count). The molecule has 108 valence electrons. The maximum Gasteiger partial charge on any atom is 0.163 e. The van der Waals surface area contributed by atoms with Crippen molar-refractivity contribution in [3.63, 3.8) is 0 Å². The molecule has 0 aliphatic heterocycles. The second-order valence-corrected chi connectivity index (χ2v) is 5.16. The van der Waals surface area contributed by atoms with E-state index in [0.29, 0.717) is 5.69 Å². The maximum atomic E-state index is 9.24. The number of nitriles is 1. The van der Waals surface area contributed by atoms with Gasteiger partial charge < -0.3 is 0 Å². The van der Waals surface area contributed by atoms with E-state index in [1.165, 1.54) is 0 Å². The normalized spacial score (nSPS) is 10.6. The van der Waals surface area contributed by atoms with Crippen LogP contribution in [0.15, 0.2) is 72.9 Å². The van der Waals surface area contributed by atoms with Gasteiger partial charge in [-0.15, -0.1) is 0 Å². The molecule has 23 heavy (non-hydrogen) atoms. The predicted molar refractivity (Wildman–Crippen MR) is 89.0 cm³/mol. The Morgan fingerprint density at radius 3 is 2.57 bits per heavy atom. The van der Waals surface area contributed by atoms with Gasteiger partial charge in [0.25, 0.3) is 0 Å². The Morgan fingerprint density at radius 2 is 1.74 bits per heavy atom. The molecule has 4 aromatic rings. The van der Waals surface area contributed by atoms with Crippen LogP contribution >= 0.6 is 0 Å². The minimum Gasteiger partial charge on any atom is -0.254 e. The molecule has 0 fully saturated rings. The standard InChI is InChI=1S/C19H12N4/c20-13-16-12-18(14-6-2-1-3-7-14)23(22-16)17-10-4-8-15-9-5-11-21-19(15)17/h1-12H. The lowest BCUT2D eigenvalue weighted by molar-refractivity contribution is 0.884. The first kappa shape index (κ1) is 13.2. The van der Waals surface area contributed by atoms with Crippen LogP contribution in [0, 0.1) is 11.3 Å². The quantitative estimate of drug-likeness (QED) is 0.562. The van der Waals surface area contributed by atoms with Crippen LogP contribution in [-0.2, 0) is 0 Å². The summed E-state index contributed by atoms with van der Waals surface area (Å²) < 4.78 is 1.79. The highest BCUT2D eigenvalue weighted by atomic mass is 15.3. The molecule has 4 nitrogen and oxygen atoms in total. The van der Waals surface area contributed by atoms with Gasteiger partial charge in [0.15, 0.2) is 5.69 Å². The van der Waals surface area contributed by atoms with Crippen LogP contribution < -0.4 is 0 Å². The van der Waals surface area contributed by atoms with E-state index in [2.05, 4.69) is 16.2 Å². The molecule has 0 unspecified atom stereocenters. The summed E-state index contributed by atoms with van der Waals surface area (Å²) in [5, 5.41) is 14.7. The van der Waals surface area contributed by atoms with Crippen LogP contribution in [0.5, 0.6) is 0 Å². The smallest absolute Gasteiger partial charge is 0.163 e. The van der Waals surface area contributed by atoms with Gasteiger partial charge in [-0.2, -0.15) is 10.4 Å². The molecule has 4 heteroatoms. The molecule has 0 N–H and O–H groups in total. The lowest BCUT2D eigenvalue weighted by atomic mass is 10.1. The van der Waals surface area contributed by atoms with Crippen molar-refractivity contribution in [1.82, 2.24) is 14.8 Å². The fourth-order valence-electron chi connectivity index (χ4n) is 2.69. The van der Waals surface area contributed by atoms with Crippen LogP contribution in [-0.4, -0.2) is 14.8 Å². The second kappa shape index (κ2) is 5.39. The average Bonchev–Trinajstić information content (AvgIpc) is 3.06. The number of nitrogens with zero attached hydrogens (tertiary/aromatic N) is 4. The Balaban J connectivity index is 2.02. The molecule has 2 heterocycles. The van der Waals surface area contributed by atoms with Crippen molar-refractivity contribution >= 4 is 10.9 Å². The summed E-state index contributed by atoms with van der Waals surface area (Å²) in [4.78, 5) is 4.48. The van der Waals surface area contributed by atoms with E-state index in [0.717, 1.165) is 27.8 Å². The zero-order valence-corrected chi connectivity index (χ0v) is 12.2. The fourth-order valence-corrected chi connectivity index (χ4v) is 2.69. The van der Waals surface area contributed by atoms with Crippen molar-refractivity contribution in [1.29, 1.82) is 5.26 Å². The van der Waals surface area contributed by atoms with Crippen LogP contribution in [0.25, 0.3) is 27.8 Å². The number of aromatic nitrogens is 3. The monoisotopic (exact) mass is 296 g/mol. The third kappa shape index (κ3) is 2.25. The number of hydrogen-bond acceptors (Lipinski definition) is 3. The van der Waals surface area contributed by atoms with Crippen LogP contribution in [0.1, 0.15) is 5.69 Å². The third-order valence-corrected chi connectivity index (χ3v) is 3.73. The van der Waals surface area contributed by atoms with Crippen molar-refractivity contribution in [3.8, 4) is 23.0 Å². The van der Waals surface area contributed by atoms with Crippen molar-refractivity contribution in [2.24, 2.45) is 0 Å². The first-order valence-corrected chi connectivity index (χ1v) is 7.26. The molecule has 0 saturated heterocycles. The van der Waals surface area contributed by atoms with Gasteiger partial charge in [0, 0.05) is 23.2 Å². The highest BCUT2D eigenvalue weighted by Crippen LogP contribution is 2.27. The topological polar surface area (TPSA) is 54.5 Å². The van der Waals surface area contributed by atoms with Crippen LogP contribution in [0.4, 0.5) is 0 Å². The summed E-state index contributed by atoms with van der Waals surface area (Å²) in [6.07, 6.45) is 1.77. The Bertz CT molecular complexity index is 1020. The third-order valence-electron chi connectivity index (χ3n) is 3.73. The highest BCUT2D eigenvalue weighted by molar-refractivity contribution is 5.87. The molecular formula is C19H12N4. The lowest BCUT2D eigenvalue weighted by Crippen LogP contribution is -2.01. The Kier molecular flexibility index (Phi) is 3.10. The minimum atomic E-state index is 0.386. The Morgan fingerprint density at radius 1 is 0.913 bits per heavy atom. The first-order valence-electron chi connectivity index (χ1n) is 7.26. The SMILES string of the molecule is N#Cc1cc(-c2ccccc2)n(-c2cccc3cccnc23)n1. The average molecular weight is 296 g/mol. The molecule has 0 aliphatic rings. The number of pyridine rings is 1. The highest BCUT2D eigenvalue weighted by Gasteiger charge is 2.13. The fraction of sp³-hybridized carbons (Fsp3) is 0. The Hall–Kier alpha value is -3.45. The van der Waals surface area contributed by atoms with E-state index in [1.807, 2.05) is 60.7 Å². The zero-order valence-electron chi connectivity index (χ0n) is 12.2. The molecule has 0 amide bonds. The van der Waals surface area contributed by atoms with Crippen molar-refractivity contribution < 1.29 is 0 Å². The van der Waals surface area contributed by atoms with E-state index in [4.69, 9.17) is 0 Å². The zero-order chi connectivity index (χ0) is 15.6. The predicted octanol–water partition coefficient (Wildman–Crippen LogP) is 3.96. The second-order valence-electron chi connectivity index (χ2n) is 5.16. The molecule has 0 radical (unpaired) electrons. The van der Waals surface area contributed by atoms with Gasteiger partial charge >= 0.3 is 0 Å². The summed E-state index contributed by atoms with van der Waals surface area (Å²) in [5.74, 6) is 0. The van der Waals surface area contributed by atoms with Crippen LogP contribution in [0.3, 0.4) is 0 Å². The Labute approximate surface area is 133 Å². The molecule has 0 aliphatic carbocycles. The molecule has 0 atom stereocenters. The van der Waals surface area contributed by atoms with Gasteiger partial charge in [-0.05, 0) is 12.1 Å². The first-order chi connectivity index (χ1) is 11.4. The van der Waals surface area contributed by atoms with Crippen molar-refractivity contribution in [2.45, 2.75) is 0 Å². The number of rotatable bonds is 2. The molecule has 0 saturated carbocycles. The molecule has 0 bridgehead atoms. The largest absolute Gasteiger partial charge is 0.254 e. The number of hydrogen-bond donors (Lipinski definition) is 0. The van der Waals surface area contributed by atoms with Gasteiger partial charge in [-0.25, -0.2) is 4.68 Å². The maximum absolute atomic E-state index is 9.24. The number of para-hydroxylation sites is 1. The molecule has 0 spiro atoms. The van der Waals surface area contributed by atoms with Gasteiger partial charge in [-0.3, -0.25) is 4.98 Å². The van der Waals surface area contributed by atoms with E-state index in [9.17, 15) is 5.26 Å². The summed E-state index contributed by atoms with van der Waals surface area (Å²) >= 11 is 0. The van der Waals surface area contributed by atoms with Gasteiger partial charge in [0.1, 0.15) is 6.07 Å². The summed E-state index contributed by atoms with van der Waals surface area (Å²) in [6, 6.07) is 23.7. The van der Waals surface area contributed by atoms with Gasteiger partial charge in [-0.1, -0.05) is 48.5 Å². The lowest BCUT2D eigenvalue weighted by Gasteiger charge is -2.09. The van der Waals surface area contributed by atoms with E-state index in [-0.39, 0.29) is 0 Å². The molecular weight excluding hydrogens is 284 g/mol. The van der Waals surface area contributed by atoms with E-state index >= 15 is 0 Å². The van der Waals surface area contributed by atoms with E-state index < -0.39 is 0 Å². The van der Waals surface area contributed by atoms with Crippen molar-refractivity contribution in [2.75, 3.05) is 0 Å². The summed E-state index contributed by atoms with van der Waals surface area (Å²) in [5.41, 5.74) is 4.00. The van der Waals surface area contributed by atoms with Crippen molar-refractivity contribution in [3.05, 3.63) is 78.6 Å². The van der Waals surface area contributed by atoms with Gasteiger partial charge in [0.05, 0.1) is 16.9 Å². The number of fused-ring (bicyclic) bond motifs is 1. The molecule has 2 aromatic carbocycles. The number of benzene rings is 2. The summed E-state index contributed by atoms with van der Waals surface area (Å²) in [6.45, 7) is 0. The van der Waals surface area contributed by atoms with Crippen LogP contribution in [0.2, 0.25) is 0 Å². The summed E-state index contributed by atoms with van der Waals surface area (Å²) in [7, 11) is 0.